The maximum atomic E-state index is 11.6. The molecular weight excluding hydrogens is 384 g/mol. The number of carbonyl (C=O) groups is 2. The fourth-order valence-corrected chi connectivity index (χ4v) is 2.20. The minimum absolute atomic E-state index is 0.170. The molecule has 0 saturated carbocycles. The molecule has 0 atom stereocenters. The lowest BCUT2D eigenvalue weighted by Crippen LogP contribution is -2.04. The zero-order valence-corrected chi connectivity index (χ0v) is 16.9. The molecule has 30 heavy (non-hydrogen) atoms. The second-order valence-corrected chi connectivity index (χ2v) is 5.67. The predicted molar refractivity (Wildman–Crippen MR) is 111 cm³/mol. The molecule has 0 aliphatic heterocycles. The van der Waals surface area contributed by atoms with Crippen LogP contribution in [0, 0.1) is 23.7 Å². The van der Waals surface area contributed by atoms with E-state index in [2.05, 4.69) is 23.7 Å². The number of hydrogen-bond acceptors (Lipinski definition) is 6. The van der Waals surface area contributed by atoms with Gasteiger partial charge in [0.05, 0.1) is 24.3 Å². The van der Waals surface area contributed by atoms with Crippen LogP contribution in [0.1, 0.15) is 34.6 Å². The Hall–Kier alpha value is -3.90. The van der Waals surface area contributed by atoms with Crippen LogP contribution in [-0.2, 0) is 9.47 Å². The second kappa shape index (κ2) is 12.5. The second-order valence-electron chi connectivity index (χ2n) is 5.67. The lowest BCUT2D eigenvalue weighted by molar-refractivity contribution is 0.0516. The summed E-state index contributed by atoms with van der Waals surface area (Å²) in [7, 11) is 0. The quantitative estimate of drug-likeness (QED) is 0.494. The van der Waals surface area contributed by atoms with Crippen molar-refractivity contribution in [3.63, 3.8) is 0 Å². The molecule has 0 spiro atoms. The molecule has 0 radical (unpaired) electrons. The highest BCUT2D eigenvalue weighted by Crippen LogP contribution is 2.13. The number of esters is 2. The summed E-state index contributed by atoms with van der Waals surface area (Å²) < 4.78 is 20.8. The van der Waals surface area contributed by atoms with Gasteiger partial charge in [-0.25, -0.2) is 9.59 Å². The predicted octanol–water partition coefficient (Wildman–Crippen LogP) is 3.50. The average Bonchev–Trinajstić information content (AvgIpc) is 2.76. The lowest BCUT2D eigenvalue weighted by atomic mass is 10.2. The Kier molecular flexibility index (Phi) is 9.36. The highest BCUT2D eigenvalue weighted by Gasteiger charge is 2.06. The normalized spacial score (nSPS) is 9.27. The van der Waals surface area contributed by atoms with E-state index in [9.17, 15) is 9.59 Å². The van der Waals surface area contributed by atoms with Gasteiger partial charge in [0.2, 0.25) is 0 Å². The van der Waals surface area contributed by atoms with Gasteiger partial charge in [-0.3, -0.25) is 0 Å². The molecular formula is C24H22O6. The van der Waals surface area contributed by atoms with Crippen LogP contribution in [0.5, 0.6) is 11.5 Å². The molecule has 0 bridgehead atoms. The van der Waals surface area contributed by atoms with Gasteiger partial charge in [-0.15, -0.1) is 0 Å². The van der Waals surface area contributed by atoms with Crippen molar-refractivity contribution < 1.29 is 28.5 Å². The molecule has 6 heteroatoms. The van der Waals surface area contributed by atoms with Crippen LogP contribution in [0.4, 0.5) is 0 Å². The Bertz CT molecular complexity index is 872. The zero-order valence-electron chi connectivity index (χ0n) is 16.9. The molecule has 0 aliphatic rings. The smallest absolute Gasteiger partial charge is 0.338 e. The van der Waals surface area contributed by atoms with Crippen LogP contribution in [-0.4, -0.2) is 38.4 Å². The minimum atomic E-state index is -0.365. The van der Waals surface area contributed by atoms with Crippen molar-refractivity contribution >= 4 is 11.9 Å². The van der Waals surface area contributed by atoms with Gasteiger partial charge in [-0.2, -0.15) is 0 Å². The van der Waals surface area contributed by atoms with Crippen LogP contribution < -0.4 is 9.47 Å². The zero-order chi connectivity index (χ0) is 21.6. The fraction of sp³-hybridized carbons (Fsp3) is 0.250. The van der Waals surface area contributed by atoms with Gasteiger partial charge < -0.3 is 18.9 Å². The summed E-state index contributed by atoms with van der Waals surface area (Å²) in [6, 6.07) is 13.3. The van der Waals surface area contributed by atoms with Crippen molar-refractivity contribution in [2.75, 3.05) is 26.4 Å². The van der Waals surface area contributed by atoms with E-state index >= 15 is 0 Å². The van der Waals surface area contributed by atoms with Crippen LogP contribution in [0.15, 0.2) is 48.5 Å². The monoisotopic (exact) mass is 406 g/mol. The molecule has 6 nitrogen and oxygen atoms in total. The standard InChI is InChI=1S/C24H22O6/c1-3-27-23(25)19-9-13-21(14-10-19)29-17-7-5-6-8-18-30-22-15-11-20(12-16-22)24(26)28-4-2/h9-16H,3-4,17-18H2,1-2H3. The first-order valence-electron chi connectivity index (χ1n) is 9.39. The maximum Gasteiger partial charge on any atom is 0.338 e. The number of ether oxygens (including phenoxy) is 4. The first-order valence-corrected chi connectivity index (χ1v) is 9.39. The van der Waals surface area contributed by atoms with Gasteiger partial charge >= 0.3 is 11.9 Å². The van der Waals surface area contributed by atoms with Gasteiger partial charge in [0, 0.05) is 0 Å². The molecule has 0 aliphatic carbocycles. The summed E-state index contributed by atoms with van der Waals surface area (Å²) >= 11 is 0. The van der Waals surface area contributed by atoms with Gasteiger partial charge in [-0.1, -0.05) is 0 Å². The van der Waals surface area contributed by atoms with Gasteiger partial charge in [0.1, 0.15) is 24.7 Å². The largest absolute Gasteiger partial charge is 0.481 e. The third-order valence-corrected chi connectivity index (χ3v) is 3.59. The fourth-order valence-electron chi connectivity index (χ4n) is 2.20. The molecule has 0 heterocycles. The number of carbonyl (C=O) groups excluding carboxylic acids is 2. The highest BCUT2D eigenvalue weighted by molar-refractivity contribution is 5.89. The Morgan fingerprint density at radius 1 is 0.667 bits per heavy atom. The molecule has 0 aromatic heterocycles. The topological polar surface area (TPSA) is 71.1 Å². The first-order chi connectivity index (χ1) is 14.6. The van der Waals surface area contributed by atoms with Gasteiger partial charge in [0.25, 0.3) is 0 Å². The summed E-state index contributed by atoms with van der Waals surface area (Å²) in [5, 5.41) is 0. The molecule has 0 fully saturated rings. The molecule has 0 amide bonds. The summed E-state index contributed by atoms with van der Waals surface area (Å²) in [6.07, 6.45) is 0. The van der Waals surface area contributed by atoms with Gasteiger partial charge in [0.15, 0.2) is 0 Å². The van der Waals surface area contributed by atoms with Crippen molar-refractivity contribution in [2.45, 2.75) is 13.8 Å². The third kappa shape index (κ3) is 7.61. The lowest BCUT2D eigenvalue weighted by Gasteiger charge is -2.04. The van der Waals surface area contributed by atoms with Crippen LogP contribution >= 0.6 is 0 Å². The Balaban J connectivity index is 1.70. The van der Waals surface area contributed by atoms with Crippen LogP contribution in [0.2, 0.25) is 0 Å². The maximum absolute atomic E-state index is 11.6. The van der Waals surface area contributed by atoms with Crippen molar-refractivity contribution in [1.82, 2.24) is 0 Å². The molecule has 2 rings (SSSR count). The molecule has 154 valence electrons. The van der Waals surface area contributed by atoms with Crippen molar-refractivity contribution in [3.8, 4) is 35.2 Å². The average molecular weight is 406 g/mol. The summed E-state index contributed by atoms with van der Waals surface area (Å²) in [4.78, 5) is 23.1. The Morgan fingerprint density at radius 2 is 1.03 bits per heavy atom. The third-order valence-electron chi connectivity index (χ3n) is 3.59. The number of hydrogen-bond donors (Lipinski definition) is 0. The molecule has 0 unspecified atom stereocenters. The highest BCUT2D eigenvalue weighted by atomic mass is 16.5. The van der Waals surface area contributed by atoms with Crippen LogP contribution in [0.3, 0.4) is 0 Å². The van der Waals surface area contributed by atoms with Crippen molar-refractivity contribution in [2.24, 2.45) is 0 Å². The van der Waals surface area contributed by atoms with E-state index in [1.807, 2.05) is 0 Å². The summed E-state index contributed by atoms with van der Waals surface area (Å²) in [5.74, 6) is 11.4. The van der Waals surface area contributed by atoms with E-state index in [4.69, 9.17) is 18.9 Å². The van der Waals surface area contributed by atoms with E-state index in [1.54, 1.807) is 62.4 Å². The molecule has 0 N–H and O–H groups in total. The minimum Gasteiger partial charge on any atom is -0.481 e. The molecule has 2 aromatic carbocycles. The van der Waals surface area contributed by atoms with Gasteiger partial charge in [-0.05, 0) is 86.1 Å². The molecule has 0 saturated heterocycles. The molecule has 2 aromatic rings. The number of benzene rings is 2. The Labute approximate surface area is 176 Å². The van der Waals surface area contributed by atoms with E-state index < -0.39 is 0 Å². The van der Waals surface area contributed by atoms with E-state index in [0.717, 1.165) is 0 Å². The van der Waals surface area contributed by atoms with Crippen molar-refractivity contribution in [3.05, 3.63) is 59.7 Å². The first kappa shape index (κ1) is 22.4. The number of rotatable bonds is 8. The van der Waals surface area contributed by atoms with E-state index in [0.29, 0.717) is 35.8 Å². The summed E-state index contributed by atoms with van der Waals surface area (Å²) in [5.41, 5.74) is 0.938. The SMILES string of the molecule is CCOC(=O)c1ccc(OCC#CC#CCOc2ccc(C(=O)OCC)cc2)cc1. The van der Waals surface area contributed by atoms with Crippen LogP contribution in [0.25, 0.3) is 0 Å². The van der Waals surface area contributed by atoms with E-state index in [1.165, 1.54) is 0 Å². The summed E-state index contributed by atoms with van der Waals surface area (Å²) in [6.45, 7) is 4.52. The van der Waals surface area contributed by atoms with E-state index in [-0.39, 0.29) is 25.2 Å². The Morgan fingerprint density at radius 3 is 1.37 bits per heavy atom. The van der Waals surface area contributed by atoms with Crippen molar-refractivity contribution in [1.29, 1.82) is 0 Å².